The van der Waals surface area contributed by atoms with E-state index in [4.69, 9.17) is 4.52 Å². The molecule has 0 spiro atoms. The molecule has 3 heterocycles. The van der Waals surface area contributed by atoms with Crippen LogP contribution in [-0.2, 0) is 0 Å². The van der Waals surface area contributed by atoms with Crippen molar-refractivity contribution in [1.29, 1.82) is 0 Å². The van der Waals surface area contributed by atoms with Gasteiger partial charge in [0.1, 0.15) is 0 Å². The van der Waals surface area contributed by atoms with Gasteiger partial charge in [-0.2, -0.15) is 10.1 Å². The maximum absolute atomic E-state index is 5.34. The molecule has 0 amide bonds. The van der Waals surface area contributed by atoms with Gasteiger partial charge in [-0.25, -0.2) is 0 Å². The predicted molar refractivity (Wildman–Crippen MR) is 69.5 cm³/mol. The average Bonchev–Trinajstić information content (AvgIpc) is 3.07. The summed E-state index contributed by atoms with van der Waals surface area (Å²) in [4.78, 5) is 6.84. The van der Waals surface area contributed by atoms with Crippen molar-refractivity contribution in [2.45, 2.75) is 19.9 Å². The standard InChI is InChI=1S/C12H18N6O/c1-8-10(7-14-16-8)12-15-11(17-19-12)9(2)18-5-3-13-4-6-18/h7,9,13H,3-6H2,1-2H3,(H,14,16). The average molecular weight is 262 g/mol. The number of aryl methyl sites for hydroxylation is 1. The lowest BCUT2D eigenvalue weighted by molar-refractivity contribution is 0.176. The van der Waals surface area contributed by atoms with Crippen LogP contribution in [0.5, 0.6) is 0 Å². The second kappa shape index (κ2) is 5.10. The van der Waals surface area contributed by atoms with Crippen molar-refractivity contribution in [3.63, 3.8) is 0 Å². The van der Waals surface area contributed by atoms with Gasteiger partial charge in [0.2, 0.25) is 0 Å². The number of piperazine rings is 1. The van der Waals surface area contributed by atoms with Crippen LogP contribution in [0.3, 0.4) is 0 Å². The molecule has 0 aliphatic carbocycles. The lowest BCUT2D eigenvalue weighted by Crippen LogP contribution is -2.44. The van der Waals surface area contributed by atoms with Crippen LogP contribution in [0.4, 0.5) is 0 Å². The van der Waals surface area contributed by atoms with Gasteiger partial charge in [-0.3, -0.25) is 10.00 Å². The van der Waals surface area contributed by atoms with Crippen LogP contribution in [-0.4, -0.2) is 51.4 Å². The van der Waals surface area contributed by atoms with E-state index in [1.807, 2.05) is 6.92 Å². The van der Waals surface area contributed by atoms with Crippen LogP contribution in [0.25, 0.3) is 11.5 Å². The topological polar surface area (TPSA) is 82.9 Å². The van der Waals surface area contributed by atoms with Gasteiger partial charge in [-0.05, 0) is 13.8 Å². The molecule has 1 unspecified atom stereocenters. The molecular weight excluding hydrogens is 244 g/mol. The summed E-state index contributed by atoms with van der Waals surface area (Å²) in [6.45, 7) is 8.09. The molecule has 2 aromatic heterocycles. The van der Waals surface area contributed by atoms with Crippen molar-refractivity contribution in [2.75, 3.05) is 26.2 Å². The monoisotopic (exact) mass is 262 g/mol. The van der Waals surface area contributed by atoms with Crippen molar-refractivity contribution in [3.8, 4) is 11.5 Å². The molecule has 1 aliphatic rings. The van der Waals surface area contributed by atoms with Gasteiger partial charge in [0.15, 0.2) is 5.82 Å². The second-order valence-electron chi connectivity index (χ2n) is 4.83. The van der Waals surface area contributed by atoms with E-state index in [0.717, 1.165) is 43.3 Å². The maximum atomic E-state index is 5.34. The number of nitrogens with one attached hydrogen (secondary N) is 2. The number of hydrogen-bond donors (Lipinski definition) is 2. The summed E-state index contributed by atoms with van der Waals surface area (Å²) in [5, 5.41) is 14.3. The van der Waals surface area contributed by atoms with Crippen LogP contribution in [0.1, 0.15) is 24.5 Å². The third-order valence-electron chi connectivity index (χ3n) is 3.58. The van der Waals surface area contributed by atoms with Gasteiger partial charge in [-0.1, -0.05) is 5.16 Å². The van der Waals surface area contributed by atoms with Crippen molar-refractivity contribution < 1.29 is 4.52 Å². The zero-order chi connectivity index (χ0) is 13.2. The number of H-pyrrole nitrogens is 1. The highest BCUT2D eigenvalue weighted by atomic mass is 16.5. The highest BCUT2D eigenvalue weighted by molar-refractivity contribution is 5.54. The van der Waals surface area contributed by atoms with E-state index < -0.39 is 0 Å². The smallest absolute Gasteiger partial charge is 0.261 e. The summed E-state index contributed by atoms with van der Waals surface area (Å²) in [6, 6.07) is 0.173. The zero-order valence-electron chi connectivity index (χ0n) is 11.2. The number of aromatic amines is 1. The summed E-state index contributed by atoms with van der Waals surface area (Å²) in [5.74, 6) is 1.26. The SMILES string of the molecule is Cc1[nH]ncc1-c1nc(C(C)N2CCNCC2)no1. The Morgan fingerprint density at radius 2 is 2.16 bits per heavy atom. The highest BCUT2D eigenvalue weighted by Gasteiger charge is 2.23. The zero-order valence-corrected chi connectivity index (χ0v) is 11.2. The van der Waals surface area contributed by atoms with E-state index in [-0.39, 0.29) is 6.04 Å². The van der Waals surface area contributed by atoms with E-state index in [1.165, 1.54) is 0 Å². The van der Waals surface area contributed by atoms with Gasteiger partial charge in [0.25, 0.3) is 5.89 Å². The fraction of sp³-hybridized carbons (Fsp3) is 0.583. The minimum Gasteiger partial charge on any atom is -0.334 e. The number of hydrogen-bond acceptors (Lipinski definition) is 6. The van der Waals surface area contributed by atoms with Crippen LogP contribution >= 0.6 is 0 Å². The molecule has 0 radical (unpaired) electrons. The molecule has 102 valence electrons. The van der Waals surface area contributed by atoms with Crippen molar-refractivity contribution >= 4 is 0 Å². The predicted octanol–water partition coefficient (Wildman–Crippen LogP) is 0.734. The van der Waals surface area contributed by atoms with E-state index in [9.17, 15) is 0 Å². The van der Waals surface area contributed by atoms with E-state index in [2.05, 4.69) is 37.5 Å². The Labute approximate surface area is 111 Å². The maximum Gasteiger partial charge on any atom is 0.261 e. The number of aromatic nitrogens is 4. The fourth-order valence-electron chi connectivity index (χ4n) is 2.31. The number of rotatable bonds is 3. The Balaban J connectivity index is 1.79. The first-order chi connectivity index (χ1) is 9.25. The molecule has 0 saturated carbocycles. The van der Waals surface area contributed by atoms with E-state index >= 15 is 0 Å². The van der Waals surface area contributed by atoms with Crippen molar-refractivity contribution in [1.82, 2.24) is 30.6 Å². The first-order valence-corrected chi connectivity index (χ1v) is 6.54. The van der Waals surface area contributed by atoms with Crippen LogP contribution in [0.2, 0.25) is 0 Å². The third kappa shape index (κ3) is 2.39. The Morgan fingerprint density at radius 1 is 1.37 bits per heavy atom. The fourth-order valence-corrected chi connectivity index (χ4v) is 2.31. The number of nitrogens with zero attached hydrogens (tertiary/aromatic N) is 4. The summed E-state index contributed by atoms with van der Waals surface area (Å²) < 4.78 is 5.34. The van der Waals surface area contributed by atoms with Crippen LogP contribution in [0.15, 0.2) is 10.7 Å². The quantitative estimate of drug-likeness (QED) is 0.848. The minimum atomic E-state index is 0.173. The van der Waals surface area contributed by atoms with Crippen LogP contribution < -0.4 is 5.32 Å². The molecule has 7 nitrogen and oxygen atoms in total. The molecule has 3 rings (SSSR count). The lowest BCUT2D eigenvalue weighted by atomic mass is 10.2. The van der Waals surface area contributed by atoms with Crippen LogP contribution in [0, 0.1) is 6.92 Å². The highest BCUT2D eigenvalue weighted by Crippen LogP contribution is 2.23. The van der Waals surface area contributed by atoms with Gasteiger partial charge in [-0.15, -0.1) is 0 Å². The molecule has 0 aromatic carbocycles. The molecule has 1 saturated heterocycles. The first kappa shape index (κ1) is 12.3. The summed E-state index contributed by atoms with van der Waals surface area (Å²) in [5.41, 5.74) is 1.80. The summed E-state index contributed by atoms with van der Waals surface area (Å²) in [7, 11) is 0. The lowest BCUT2D eigenvalue weighted by Gasteiger charge is -2.30. The van der Waals surface area contributed by atoms with Gasteiger partial charge >= 0.3 is 0 Å². The third-order valence-corrected chi connectivity index (χ3v) is 3.58. The van der Waals surface area contributed by atoms with E-state index in [1.54, 1.807) is 6.20 Å². The Hall–Kier alpha value is -1.73. The molecule has 2 N–H and O–H groups in total. The van der Waals surface area contributed by atoms with Crippen molar-refractivity contribution in [2.24, 2.45) is 0 Å². The molecule has 0 bridgehead atoms. The van der Waals surface area contributed by atoms with Gasteiger partial charge in [0, 0.05) is 31.9 Å². The summed E-state index contributed by atoms with van der Waals surface area (Å²) in [6.07, 6.45) is 1.71. The minimum absolute atomic E-state index is 0.173. The largest absolute Gasteiger partial charge is 0.334 e. The first-order valence-electron chi connectivity index (χ1n) is 6.54. The molecule has 19 heavy (non-hydrogen) atoms. The molecule has 1 fully saturated rings. The molecular formula is C12H18N6O. The molecule has 1 aliphatic heterocycles. The Bertz CT molecular complexity index is 542. The molecule has 7 heteroatoms. The van der Waals surface area contributed by atoms with E-state index in [0.29, 0.717) is 5.89 Å². The Kier molecular flexibility index (Phi) is 3.31. The molecule has 1 atom stereocenters. The second-order valence-corrected chi connectivity index (χ2v) is 4.83. The van der Waals surface area contributed by atoms with Crippen molar-refractivity contribution in [3.05, 3.63) is 17.7 Å². The normalized spacial score (nSPS) is 18.6. The Morgan fingerprint density at radius 3 is 2.84 bits per heavy atom. The van der Waals surface area contributed by atoms with Gasteiger partial charge in [0.05, 0.1) is 17.8 Å². The summed E-state index contributed by atoms with van der Waals surface area (Å²) >= 11 is 0. The molecule has 2 aromatic rings. The van der Waals surface area contributed by atoms with Gasteiger partial charge < -0.3 is 9.84 Å².